The lowest BCUT2D eigenvalue weighted by Crippen LogP contribution is -2.37. The van der Waals surface area contributed by atoms with Gasteiger partial charge in [0.2, 0.25) is 0 Å². The Morgan fingerprint density at radius 1 is 0.794 bits per heavy atom. The Bertz CT molecular complexity index is 524. The first kappa shape index (κ1) is 33.7. The third kappa shape index (κ3) is 26.3. The Kier molecular flexibility index (Phi) is 21.8. The molecule has 0 aliphatic heterocycles. The number of phosphoric acid groups is 1. The number of unbranched alkanes of at least 4 members (excludes halogenated alkanes) is 12. The highest BCUT2D eigenvalue weighted by Crippen LogP contribution is 2.38. The maximum absolute atomic E-state index is 11.7. The van der Waals surface area contributed by atoms with E-state index in [0.717, 1.165) is 12.8 Å². The second-order valence-electron chi connectivity index (χ2n) is 10.3. The largest absolute Gasteiger partial charge is 0.756 e. The van der Waals surface area contributed by atoms with E-state index in [2.05, 4.69) is 19.1 Å². The summed E-state index contributed by atoms with van der Waals surface area (Å²) in [5.74, 6) is 0. The highest BCUT2D eigenvalue weighted by molar-refractivity contribution is 7.45. The third-order valence-corrected chi connectivity index (χ3v) is 6.51. The number of likely N-dealkylation sites (N-methyl/N-ethyl adjacent to an activating group) is 1. The van der Waals surface area contributed by atoms with E-state index in [1.54, 1.807) is 0 Å². The van der Waals surface area contributed by atoms with Crippen LogP contribution in [0.4, 0.5) is 0 Å². The predicted octanol–water partition coefficient (Wildman–Crippen LogP) is 5.61. The zero-order chi connectivity index (χ0) is 25.5. The van der Waals surface area contributed by atoms with Crippen molar-refractivity contribution in [1.29, 1.82) is 0 Å². The molecule has 0 amide bonds. The van der Waals surface area contributed by atoms with E-state index >= 15 is 0 Å². The molecule has 0 fully saturated rings. The molecule has 0 aliphatic carbocycles. The number of aliphatic hydroxyl groups is 1. The van der Waals surface area contributed by atoms with E-state index in [1.807, 2.05) is 21.1 Å². The molecule has 0 saturated heterocycles. The van der Waals surface area contributed by atoms with Crippen LogP contribution in [0.25, 0.3) is 0 Å². The van der Waals surface area contributed by atoms with Gasteiger partial charge in [0, 0.05) is 6.61 Å². The molecule has 0 saturated carbocycles. The van der Waals surface area contributed by atoms with Crippen LogP contribution >= 0.6 is 7.82 Å². The van der Waals surface area contributed by atoms with E-state index < -0.39 is 13.9 Å². The van der Waals surface area contributed by atoms with E-state index in [-0.39, 0.29) is 19.8 Å². The van der Waals surface area contributed by atoms with Crippen molar-refractivity contribution in [2.75, 3.05) is 54.1 Å². The molecule has 2 unspecified atom stereocenters. The topological polar surface area (TPSA) is 88.0 Å². The van der Waals surface area contributed by atoms with Crippen LogP contribution in [0.3, 0.4) is 0 Å². The Morgan fingerprint density at radius 3 is 1.88 bits per heavy atom. The molecule has 0 spiro atoms. The Labute approximate surface area is 210 Å². The lowest BCUT2D eigenvalue weighted by Gasteiger charge is -2.27. The van der Waals surface area contributed by atoms with Crippen LogP contribution in [-0.2, 0) is 18.3 Å². The molecule has 34 heavy (non-hydrogen) atoms. The smallest absolute Gasteiger partial charge is 0.268 e. The van der Waals surface area contributed by atoms with Crippen molar-refractivity contribution in [3.8, 4) is 0 Å². The van der Waals surface area contributed by atoms with Crippen molar-refractivity contribution >= 4 is 7.82 Å². The minimum absolute atomic E-state index is 0.0484. The van der Waals surface area contributed by atoms with Crippen LogP contribution in [0.2, 0.25) is 0 Å². The van der Waals surface area contributed by atoms with Crippen molar-refractivity contribution in [3.05, 3.63) is 12.2 Å². The SMILES string of the molecule is CCCCCCCCC=CCCCCCCCCOCC(O)COP(=O)([O-])OCC[N+](C)(C)C. The highest BCUT2D eigenvalue weighted by Gasteiger charge is 2.15. The Hall–Kier alpha value is -0.270. The van der Waals surface area contributed by atoms with Gasteiger partial charge in [-0.1, -0.05) is 76.9 Å². The van der Waals surface area contributed by atoms with Crippen LogP contribution in [0.1, 0.15) is 96.8 Å². The van der Waals surface area contributed by atoms with Gasteiger partial charge in [0.15, 0.2) is 0 Å². The molecule has 0 radical (unpaired) electrons. The fraction of sp³-hybridized carbons (Fsp3) is 0.923. The van der Waals surface area contributed by atoms with Gasteiger partial charge in [-0.2, -0.15) is 0 Å². The second kappa shape index (κ2) is 22.0. The number of nitrogens with zero attached hydrogens (tertiary/aromatic N) is 1. The van der Waals surface area contributed by atoms with Gasteiger partial charge in [0.1, 0.15) is 19.3 Å². The van der Waals surface area contributed by atoms with Crippen LogP contribution in [0.15, 0.2) is 12.2 Å². The average molecular weight is 508 g/mol. The first-order chi connectivity index (χ1) is 16.2. The van der Waals surface area contributed by atoms with Crippen LogP contribution in [-0.4, -0.2) is 69.8 Å². The van der Waals surface area contributed by atoms with E-state index in [1.165, 1.54) is 77.0 Å². The van der Waals surface area contributed by atoms with Gasteiger partial charge in [0.05, 0.1) is 34.4 Å². The van der Waals surface area contributed by atoms with Gasteiger partial charge in [-0.05, 0) is 32.1 Å². The summed E-state index contributed by atoms with van der Waals surface area (Å²) in [6, 6.07) is 0. The Morgan fingerprint density at radius 2 is 1.32 bits per heavy atom. The summed E-state index contributed by atoms with van der Waals surface area (Å²) in [6.07, 6.45) is 21.3. The van der Waals surface area contributed by atoms with Crippen LogP contribution < -0.4 is 4.89 Å². The fourth-order valence-electron chi connectivity index (χ4n) is 3.36. The summed E-state index contributed by atoms with van der Waals surface area (Å²) in [4.78, 5) is 11.7. The van der Waals surface area contributed by atoms with E-state index in [0.29, 0.717) is 17.6 Å². The third-order valence-electron chi connectivity index (χ3n) is 5.55. The first-order valence-corrected chi connectivity index (χ1v) is 14.9. The fourth-order valence-corrected chi connectivity index (χ4v) is 4.09. The number of hydrogen-bond acceptors (Lipinski definition) is 6. The first-order valence-electron chi connectivity index (χ1n) is 13.5. The molecule has 0 aliphatic rings. The summed E-state index contributed by atoms with van der Waals surface area (Å²) >= 11 is 0. The van der Waals surface area contributed by atoms with Gasteiger partial charge < -0.3 is 28.3 Å². The number of hydrogen-bond donors (Lipinski definition) is 1. The van der Waals surface area contributed by atoms with Crippen molar-refractivity contribution < 1.29 is 32.8 Å². The summed E-state index contributed by atoms with van der Waals surface area (Å²) in [5.41, 5.74) is 0. The molecule has 8 heteroatoms. The minimum atomic E-state index is -4.39. The molecule has 0 aromatic rings. The Balaban J connectivity index is 3.43. The summed E-state index contributed by atoms with van der Waals surface area (Å²) in [5, 5.41) is 9.83. The molecular weight excluding hydrogens is 453 g/mol. The maximum atomic E-state index is 11.7. The van der Waals surface area contributed by atoms with Gasteiger partial charge in [-0.15, -0.1) is 0 Å². The predicted molar refractivity (Wildman–Crippen MR) is 139 cm³/mol. The van der Waals surface area contributed by atoms with E-state index in [9.17, 15) is 14.6 Å². The molecule has 7 nitrogen and oxygen atoms in total. The summed E-state index contributed by atoms with van der Waals surface area (Å²) in [6.45, 7) is 3.12. The average Bonchev–Trinajstić information content (AvgIpc) is 2.76. The molecule has 2 atom stereocenters. The standard InChI is InChI=1S/C26H54NO6P/c1-5-6-7-8-9-10-11-12-13-14-15-16-17-18-19-20-22-31-24-26(28)25-33-34(29,30)32-23-21-27(2,3)4/h12-13,26,28H,5-11,14-25H2,1-4H3. The van der Waals surface area contributed by atoms with Gasteiger partial charge in [-0.25, -0.2) is 0 Å². The molecule has 0 heterocycles. The number of phosphoric ester groups is 1. The molecule has 1 N–H and O–H groups in total. The van der Waals surface area contributed by atoms with Gasteiger partial charge >= 0.3 is 0 Å². The molecule has 204 valence electrons. The van der Waals surface area contributed by atoms with E-state index in [4.69, 9.17) is 13.8 Å². The quantitative estimate of drug-likeness (QED) is 0.0748. The molecule has 0 rings (SSSR count). The number of ether oxygens (including phenoxy) is 1. The highest BCUT2D eigenvalue weighted by atomic mass is 31.2. The minimum Gasteiger partial charge on any atom is -0.756 e. The van der Waals surface area contributed by atoms with Crippen molar-refractivity contribution in [2.24, 2.45) is 0 Å². The summed E-state index contributed by atoms with van der Waals surface area (Å²) in [7, 11) is 1.44. The van der Waals surface area contributed by atoms with Crippen LogP contribution in [0, 0.1) is 0 Å². The lowest BCUT2D eigenvalue weighted by molar-refractivity contribution is -0.870. The second-order valence-corrected chi connectivity index (χ2v) is 11.7. The lowest BCUT2D eigenvalue weighted by atomic mass is 10.1. The van der Waals surface area contributed by atoms with Gasteiger partial charge in [-0.3, -0.25) is 4.57 Å². The van der Waals surface area contributed by atoms with Crippen molar-refractivity contribution in [3.63, 3.8) is 0 Å². The van der Waals surface area contributed by atoms with Gasteiger partial charge in [0.25, 0.3) is 7.82 Å². The molecule has 0 aromatic heterocycles. The number of allylic oxidation sites excluding steroid dienone is 2. The zero-order valence-electron chi connectivity index (χ0n) is 22.5. The van der Waals surface area contributed by atoms with Crippen molar-refractivity contribution in [1.82, 2.24) is 0 Å². The monoisotopic (exact) mass is 507 g/mol. The molecule has 0 bridgehead atoms. The molecular formula is C26H54NO6P. The maximum Gasteiger partial charge on any atom is 0.268 e. The number of aliphatic hydroxyl groups excluding tert-OH is 1. The normalized spacial score (nSPS) is 15.1. The number of quaternary nitrogens is 1. The summed E-state index contributed by atoms with van der Waals surface area (Å²) < 4.78 is 27.2. The zero-order valence-corrected chi connectivity index (χ0v) is 23.4. The van der Waals surface area contributed by atoms with Crippen molar-refractivity contribution in [2.45, 2.75) is 103 Å². The van der Waals surface area contributed by atoms with Crippen LogP contribution in [0.5, 0.6) is 0 Å². The molecule has 0 aromatic carbocycles. The number of rotatable bonds is 25.